The highest BCUT2D eigenvalue weighted by molar-refractivity contribution is 6.31. The molecule has 1 aliphatic carbocycles. The molecule has 1 amide bonds. The summed E-state index contributed by atoms with van der Waals surface area (Å²) in [6.45, 7) is 2.02. The van der Waals surface area contributed by atoms with Gasteiger partial charge in [0.1, 0.15) is 10.8 Å². The number of carbonyl (C=O) groups is 2. The second-order valence-corrected chi connectivity index (χ2v) is 10.3. The molecule has 2 aliphatic rings. The number of hydrogen-bond acceptors (Lipinski definition) is 6. The van der Waals surface area contributed by atoms with Crippen LogP contribution in [0.4, 0.5) is 10.5 Å². The molecule has 0 spiro atoms. The van der Waals surface area contributed by atoms with Crippen molar-refractivity contribution in [2.75, 3.05) is 19.1 Å². The Morgan fingerprint density at radius 2 is 1.84 bits per heavy atom. The number of aliphatic carboxylic acids is 1. The van der Waals surface area contributed by atoms with Crippen molar-refractivity contribution in [2.45, 2.75) is 64.0 Å². The maximum atomic E-state index is 12.6. The number of halogens is 1. The second kappa shape index (κ2) is 10.2. The first-order chi connectivity index (χ1) is 17.8. The maximum absolute atomic E-state index is 12.6. The third-order valence-corrected chi connectivity index (χ3v) is 8.00. The summed E-state index contributed by atoms with van der Waals surface area (Å²) in [5.74, 6) is 0.184. The van der Waals surface area contributed by atoms with E-state index in [1.54, 1.807) is 11.0 Å². The minimum absolute atomic E-state index is 0.0241. The predicted octanol–water partition coefficient (Wildman–Crippen LogP) is 5.41. The van der Waals surface area contributed by atoms with Gasteiger partial charge in [0, 0.05) is 24.1 Å². The minimum Gasteiger partial charge on any atom is -0.481 e. The number of hydrogen-bond donors (Lipinski definition) is 1. The topological polar surface area (TPSA) is 107 Å². The number of carboxylic acids is 1. The van der Waals surface area contributed by atoms with E-state index in [1.165, 1.54) is 14.2 Å². The van der Waals surface area contributed by atoms with Crippen molar-refractivity contribution in [3.63, 3.8) is 0 Å². The number of pyridine rings is 1. The fourth-order valence-electron chi connectivity index (χ4n) is 5.80. The molecular formula is C27H31ClN4O5. The number of carboxylic acid groups (broad SMARTS) is 1. The van der Waals surface area contributed by atoms with Gasteiger partial charge in [0.2, 0.25) is 5.88 Å². The number of aromatic nitrogens is 3. The Morgan fingerprint density at radius 3 is 2.51 bits per heavy atom. The number of nitrogens with zero attached hydrogens (tertiary/aromatic N) is 4. The lowest BCUT2D eigenvalue weighted by atomic mass is 9.85. The molecule has 10 heteroatoms. The van der Waals surface area contributed by atoms with Crippen molar-refractivity contribution in [1.29, 1.82) is 0 Å². The van der Waals surface area contributed by atoms with E-state index >= 15 is 0 Å². The van der Waals surface area contributed by atoms with E-state index < -0.39 is 5.97 Å². The molecule has 3 aromatic rings. The van der Waals surface area contributed by atoms with E-state index in [4.69, 9.17) is 26.1 Å². The van der Waals surface area contributed by atoms with E-state index in [0.717, 1.165) is 59.5 Å². The molecule has 1 atom stereocenters. The van der Waals surface area contributed by atoms with Crippen LogP contribution in [0.25, 0.3) is 11.0 Å². The molecule has 1 fully saturated rings. The van der Waals surface area contributed by atoms with Gasteiger partial charge >= 0.3 is 12.1 Å². The Hall–Kier alpha value is -3.33. The molecule has 1 aliphatic heterocycles. The van der Waals surface area contributed by atoms with Crippen molar-refractivity contribution < 1.29 is 24.2 Å². The van der Waals surface area contributed by atoms with Gasteiger partial charge in [-0.15, -0.1) is 0 Å². The van der Waals surface area contributed by atoms with Crippen molar-refractivity contribution >= 4 is 40.4 Å². The highest BCUT2D eigenvalue weighted by atomic mass is 35.5. The summed E-state index contributed by atoms with van der Waals surface area (Å²) in [5.41, 5.74) is 4.50. The van der Waals surface area contributed by atoms with Gasteiger partial charge in [-0.1, -0.05) is 11.6 Å². The number of aryl methyl sites for hydroxylation is 1. The molecule has 5 rings (SSSR count). The molecule has 0 radical (unpaired) electrons. The van der Waals surface area contributed by atoms with Gasteiger partial charge in [-0.05, 0) is 69.7 Å². The van der Waals surface area contributed by atoms with Crippen LogP contribution in [0, 0.1) is 5.92 Å². The first kappa shape index (κ1) is 25.3. The van der Waals surface area contributed by atoms with E-state index in [9.17, 15) is 14.7 Å². The molecule has 2 aromatic heterocycles. The summed E-state index contributed by atoms with van der Waals surface area (Å²) in [4.78, 5) is 35.6. The van der Waals surface area contributed by atoms with Crippen LogP contribution in [0.5, 0.6) is 5.88 Å². The third kappa shape index (κ3) is 4.61. The largest absolute Gasteiger partial charge is 0.481 e. The molecule has 37 heavy (non-hydrogen) atoms. The quantitative estimate of drug-likeness (QED) is 0.473. The number of rotatable bonds is 5. The summed E-state index contributed by atoms with van der Waals surface area (Å²) in [6.07, 6.45) is 4.48. The summed E-state index contributed by atoms with van der Waals surface area (Å²) in [7, 11) is 2.93. The Labute approximate surface area is 220 Å². The number of carbonyl (C=O) groups excluding carboxylic acids is 1. The zero-order valence-electron chi connectivity index (χ0n) is 21.2. The number of amides is 1. The number of benzene rings is 1. The number of anilines is 1. The number of fused-ring (bicyclic) bond motifs is 3. The maximum Gasteiger partial charge on any atom is 0.414 e. The van der Waals surface area contributed by atoms with Crippen LogP contribution in [-0.2, 0) is 22.4 Å². The van der Waals surface area contributed by atoms with E-state index in [0.29, 0.717) is 30.2 Å². The molecule has 0 saturated heterocycles. The van der Waals surface area contributed by atoms with Crippen LogP contribution in [0.1, 0.15) is 62.2 Å². The average Bonchev–Trinajstić information content (AvgIpc) is 3.27. The Kier molecular flexibility index (Phi) is 6.98. The smallest absolute Gasteiger partial charge is 0.414 e. The standard InChI is InChI=1S/C27H31ClN4O5/c1-15-4-10-19-21(31(15)27(35)37-3)12-13-22-24(19)30-23(14-17-7-11-20(28)25(29-17)36-2)32(22)18-8-5-16(6-9-18)26(33)34/h7,11-13,15-16,18H,4-6,8-10,14H2,1-3H3,(H,33,34). The van der Waals surface area contributed by atoms with Gasteiger partial charge in [0.25, 0.3) is 0 Å². The lowest BCUT2D eigenvalue weighted by Gasteiger charge is -2.34. The zero-order valence-corrected chi connectivity index (χ0v) is 22.0. The number of imidazole rings is 1. The normalized spacial score (nSPS) is 21.5. The van der Waals surface area contributed by atoms with E-state index in [-0.39, 0.29) is 24.1 Å². The van der Waals surface area contributed by atoms with Gasteiger partial charge in [-0.3, -0.25) is 9.69 Å². The minimum atomic E-state index is -0.724. The fourth-order valence-corrected chi connectivity index (χ4v) is 5.98. The molecule has 9 nitrogen and oxygen atoms in total. The molecule has 196 valence electrons. The Bertz CT molecular complexity index is 1350. The lowest BCUT2D eigenvalue weighted by molar-refractivity contribution is -0.143. The number of methoxy groups -OCH3 is 2. The summed E-state index contributed by atoms with van der Waals surface area (Å²) < 4.78 is 12.7. The number of ether oxygens (including phenoxy) is 2. The molecule has 1 aromatic carbocycles. The average molecular weight is 527 g/mol. The molecule has 1 N–H and O–H groups in total. The SMILES string of the molecule is COC(=O)N1c2ccc3c(nc(Cc4ccc(Cl)c(OC)n4)n3C3CCC(C(=O)O)CC3)c2CCC1C. The third-order valence-electron chi connectivity index (χ3n) is 7.71. The van der Waals surface area contributed by atoms with Crippen LogP contribution in [0.3, 0.4) is 0 Å². The molecule has 1 saturated carbocycles. The van der Waals surface area contributed by atoms with Gasteiger partial charge in [0.15, 0.2) is 0 Å². The van der Waals surface area contributed by atoms with Gasteiger partial charge in [-0.2, -0.15) is 0 Å². The Balaban J connectivity index is 1.62. The summed E-state index contributed by atoms with van der Waals surface area (Å²) in [5, 5.41) is 9.94. The van der Waals surface area contributed by atoms with Crippen molar-refractivity contribution in [3.8, 4) is 5.88 Å². The summed E-state index contributed by atoms with van der Waals surface area (Å²) in [6, 6.07) is 7.80. The lowest BCUT2D eigenvalue weighted by Crippen LogP contribution is -2.42. The van der Waals surface area contributed by atoms with Crippen LogP contribution < -0.4 is 9.64 Å². The second-order valence-electron chi connectivity index (χ2n) is 9.87. The van der Waals surface area contributed by atoms with Crippen LogP contribution in [0.2, 0.25) is 5.02 Å². The van der Waals surface area contributed by atoms with Gasteiger partial charge < -0.3 is 19.1 Å². The van der Waals surface area contributed by atoms with Gasteiger partial charge in [0.05, 0.1) is 42.6 Å². The first-order valence-electron chi connectivity index (χ1n) is 12.6. The van der Waals surface area contributed by atoms with Crippen molar-refractivity contribution in [3.05, 3.63) is 46.4 Å². The summed E-state index contributed by atoms with van der Waals surface area (Å²) >= 11 is 6.20. The van der Waals surface area contributed by atoms with Crippen LogP contribution in [-0.4, -0.2) is 52.0 Å². The van der Waals surface area contributed by atoms with Crippen molar-refractivity contribution in [2.24, 2.45) is 5.92 Å². The van der Waals surface area contributed by atoms with Crippen LogP contribution in [0.15, 0.2) is 24.3 Å². The van der Waals surface area contributed by atoms with E-state index in [1.807, 2.05) is 25.1 Å². The Morgan fingerprint density at radius 1 is 1.08 bits per heavy atom. The molecular weight excluding hydrogens is 496 g/mol. The van der Waals surface area contributed by atoms with Crippen LogP contribution >= 0.6 is 11.6 Å². The molecule has 3 heterocycles. The first-order valence-corrected chi connectivity index (χ1v) is 13.0. The highest BCUT2D eigenvalue weighted by Gasteiger charge is 2.33. The molecule has 0 bridgehead atoms. The monoisotopic (exact) mass is 526 g/mol. The fraction of sp³-hybridized carbons (Fsp3) is 0.481. The highest BCUT2D eigenvalue weighted by Crippen LogP contribution is 2.40. The van der Waals surface area contributed by atoms with E-state index in [2.05, 4.69) is 9.55 Å². The van der Waals surface area contributed by atoms with Crippen molar-refractivity contribution in [1.82, 2.24) is 14.5 Å². The zero-order chi connectivity index (χ0) is 26.3. The van der Waals surface area contributed by atoms with Gasteiger partial charge in [-0.25, -0.2) is 14.8 Å². The predicted molar refractivity (Wildman–Crippen MR) is 140 cm³/mol. The molecule has 1 unspecified atom stereocenters.